The quantitative estimate of drug-likeness (QED) is 0.319. The van der Waals surface area contributed by atoms with Crippen LogP contribution in [0.4, 0.5) is 0 Å². The summed E-state index contributed by atoms with van der Waals surface area (Å²) < 4.78 is 0. The van der Waals surface area contributed by atoms with E-state index >= 15 is 0 Å². The largest absolute Gasteiger partial charge is 0.328 e. The van der Waals surface area contributed by atoms with Crippen molar-refractivity contribution < 1.29 is 0 Å². The van der Waals surface area contributed by atoms with Crippen molar-refractivity contribution in [2.45, 2.75) is 32.9 Å². The van der Waals surface area contributed by atoms with E-state index in [9.17, 15) is 0 Å². The van der Waals surface area contributed by atoms with Crippen molar-refractivity contribution in [1.82, 2.24) is 10.9 Å². The van der Waals surface area contributed by atoms with Gasteiger partial charge in [0.1, 0.15) is 0 Å². The molecule has 0 rings (SSSR count). The predicted octanol–water partition coefficient (Wildman–Crippen LogP) is -0.631. The normalized spacial score (nSPS) is 19.4. The van der Waals surface area contributed by atoms with E-state index < -0.39 is 0 Å². The molecule has 0 amide bonds. The Kier molecular flexibility index (Phi) is 5.41. The maximum Gasteiger partial charge on any atom is 0.0564 e. The van der Waals surface area contributed by atoms with Crippen LogP contribution in [-0.4, -0.2) is 18.8 Å². The van der Waals surface area contributed by atoms with Crippen LogP contribution < -0.4 is 22.3 Å². The Morgan fingerprint density at radius 3 is 2.18 bits per heavy atom. The molecule has 0 heterocycles. The van der Waals surface area contributed by atoms with Crippen LogP contribution in [0.3, 0.4) is 0 Å². The third kappa shape index (κ3) is 4.31. The second-order valence-corrected chi connectivity index (χ2v) is 3.03. The summed E-state index contributed by atoms with van der Waals surface area (Å²) in [5.74, 6) is 0.439. The Morgan fingerprint density at radius 2 is 1.82 bits per heavy atom. The molecule has 4 nitrogen and oxygen atoms in total. The average molecular weight is 160 g/mol. The molecule has 0 saturated carbocycles. The first-order valence-electron chi connectivity index (χ1n) is 4.03. The molecular weight excluding hydrogens is 140 g/mol. The van der Waals surface area contributed by atoms with Crippen molar-refractivity contribution in [3.05, 3.63) is 0 Å². The minimum absolute atomic E-state index is 0.206. The predicted molar refractivity (Wildman–Crippen MR) is 47.6 cm³/mol. The van der Waals surface area contributed by atoms with Crippen LogP contribution in [0.2, 0.25) is 0 Å². The van der Waals surface area contributed by atoms with Gasteiger partial charge in [0.15, 0.2) is 0 Å². The maximum atomic E-state index is 5.71. The van der Waals surface area contributed by atoms with Gasteiger partial charge in [-0.1, -0.05) is 6.92 Å². The minimum atomic E-state index is 0.206. The van der Waals surface area contributed by atoms with Crippen molar-refractivity contribution in [3.63, 3.8) is 0 Å². The highest BCUT2D eigenvalue weighted by molar-refractivity contribution is 4.73. The molecule has 0 aliphatic heterocycles. The maximum absolute atomic E-state index is 5.71. The molecule has 4 heteroatoms. The van der Waals surface area contributed by atoms with Crippen molar-refractivity contribution in [2.24, 2.45) is 17.4 Å². The summed E-state index contributed by atoms with van der Waals surface area (Å²) in [4.78, 5) is 0. The van der Waals surface area contributed by atoms with E-state index in [-0.39, 0.29) is 6.04 Å². The third-order valence-electron chi connectivity index (χ3n) is 2.05. The van der Waals surface area contributed by atoms with Crippen LogP contribution in [-0.2, 0) is 0 Å². The molecule has 0 bridgehead atoms. The number of hydrogen-bond acceptors (Lipinski definition) is 4. The Bertz CT molecular complexity index is 94.4. The molecule has 3 atom stereocenters. The molecule has 0 aromatic heterocycles. The van der Waals surface area contributed by atoms with E-state index in [4.69, 9.17) is 11.5 Å². The number of hydrazine groups is 1. The third-order valence-corrected chi connectivity index (χ3v) is 2.05. The zero-order valence-corrected chi connectivity index (χ0v) is 7.59. The Labute approximate surface area is 68.7 Å². The summed E-state index contributed by atoms with van der Waals surface area (Å²) in [5, 5.41) is 0. The number of nitrogens with one attached hydrogen (secondary N) is 2. The van der Waals surface area contributed by atoms with Crippen LogP contribution in [0.15, 0.2) is 0 Å². The number of nitrogens with two attached hydrogens (primary N) is 2. The Balaban J connectivity index is 3.55. The molecule has 11 heavy (non-hydrogen) atoms. The standard InChI is InChI=1S/C7H20N4/c1-5(6(2)9)7(3)11-10-4-8/h5-7,10-11H,4,8-9H2,1-3H3/t5-,6+,7?/m1/s1. The van der Waals surface area contributed by atoms with E-state index in [0.717, 1.165) is 0 Å². The van der Waals surface area contributed by atoms with Gasteiger partial charge in [0.2, 0.25) is 0 Å². The lowest BCUT2D eigenvalue weighted by atomic mass is 9.97. The Hall–Kier alpha value is -0.160. The summed E-state index contributed by atoms with van der Waals surface area (Å²) in [6, 6.07) is 0.552. The zero-order valence-electron chi connectivity index (χ0n) is 7.59. The lowest BCUT2D eigenvalue weighted by Crippen LogP contribution is -2.48. The molecule has 0 aliphatic rings. The van der Waals surface area contributed by atoms with Crippen LogP contribution >= 0.6 is 0 Å². The number of hydrogen-bond donors (Lipinski definition) is 4. The van der Waals surface area contributed by atoms with Gasteiger partial charge in [-0.2, -0.15) is 0 Å². The topological polar surface area (TPSA) is 76.1 Å². The lowest BCUT2D eigenvalue weighted by molar-refractivity contribution is 0.322. The van der Waals surface area contributed by atoms with Gasteiger partial charge in [0.05, 0.1) is 6.67 Å². The molecule has 0 fully saturated rings. The van der Waals surface area contributed by atoms with E-state index in [1.54, 1.807) is 0 Å². The first kappa shape index (κ1) is 10.8. The minimum Gasteiger partial charge on any atom is -0.328 e. The summed E-state index contributed by atoms with van der Waals surface area (Å²) >= 11 is 0. The van der Waals surface area contributed by atoms with Gasteiger partial charge in [0.25, 0.3) is 0 Å². The van der Waals surface area contributed by atoms with Crippen LogP contribution in [0.25, 0.3) is 0 Å². The van der Waals surface area contributed by atoms with Gasteiger partial charge in [-0.25, -0.2) is 5.43 Å². The lowest BCUT2D eigenvalue weighted by Gasteiger charge is -2.24. The smallest absolute Gasteiger partial charge is 0.0564 e. The molecule has 0 saturated heterocycles. The zero-order chi connectivity index (χ0) is 8.85. The fraction of sp³-hybridized carbons (Fsp3) is 1.00. The van der Waals surface area contributed by atoms with Crippen LogP contribution in [0, 0.1) is 5.92 Å². The Morgan fingerprint density at radius 1 is 1.27 bits per heavy atom. The highest BCUT2D eigenvalue weighted by Crippen LogP contribution is 2.04. The number of rotatable bonds is 5. The van der Waals surface area contributed by atoms with E-state index in [1.807, 2.05) is 6.92 Å². The van der Waals surface area contributed by atoms with Gasteiger partial charge in [0, 0.05) is 12.1 Å². The van der Waals surface area contributed by atoms with Crippen LogP contribution in [0.5, 0.6) is 0 Å². The van der Waals surface area contributed by atoms with Crippen molar-refractivity contribution in [1.29, 1.82) is 0 Å². The summed E-state index contributed by atoms with van der Waals surface area (Å²) in [6.45, 7) is 6.64. The summed E-state index contributed by atoms with van der Waals surface area (Å²) in [6.07, 6.45) is 0. The fourth-order valence-electron chi connectivity index (χ4n) is 0.807. The van der Waals surface area contributed by atoms with Gasteiger partial charge in [-0.15, -0.1) is 0 Å². The highest BCUT2D eigenvalue weighted by Gasteiger charge is 2.14. The molecule has 0 radical (unpaired) electrons. The average Bonchev–Trinajstić information content (AvgIpc) is 1.98. The van der Waals surface area contributed by atoms with Crippen molar-refractivity contribution in [2.75, 3.05) is 6.67 Å². The molecule has 6 N–H and O–H groups in total. The van der Waals surface area contributed by atoms with Gasteiger partial charge < -0.3 is 11.5 Å². The molecule has 0 aromatic rings. The fourth-order valence-corrected chi connectivity index (χ4v) is 0.807. The first-order valence-corrected chi connectivity index (χ1v) is 4.03. The van der Waals surface area contributed by atoms with E-state index in [0.29, 0.717) is 18.6 Å². The highest BCUT2D eigenvalue weighted by atomic mass is 15.4. The van der Waals surface area contributed by atoms with Gasteiger partial charge in [-0.05, 0) is 19.8 Å². The van der Waals surface area contributed by atoms with E-state index in [2.05, 4.69) is 24.7 Å². The van der Waals surface area contributed by atoms with Crippen molar-refractivity contribution >= 4 is 0 Å². The molecule has 1 unspecified atom stereocenters. The molecule has 0 spiro atoms. The summed E-state index contributed by atoms with van der Waals surface area (Å²) in [5.41, 5.74) is 16.9. The second-order valence-electron chi connectivity index (χ2n) is 3.03. The SMILES string of the molecule is CC(NNCN)[C@H](C)[C@H](C)N. The molecule has 68 valence electrons. The van der Waals surface area contributed by atoms with Gasteiger partial charge in [-0.3, -0.25) is 5.43 Å². The summed E-state index contributed by atoms with van der Waals surface area (Å²) in [7, 11) is 0. The second kappa shape index (κ2) is 5.49. The monoisotopic (exact) mass is 160 g/mol. The molecule has 0 aromatic carbocycles. The molecule has 0 aliphatic carbocycles. The first-order chi connectivity index (χ1) is 5.09. The molecular formula is C7H20N4. The van der Waals surface area contributed by atoms with Crippen molar-refractivity contribution in [3.8, 4) is 0 Å². The van der Waals surface area contributed by atoms with Gasteiger partial charge >= 0.3 is 0 Å². The van der Waals surface area contributed by atoms with Crippen LogP contribution in [0.1, 0.15) is 20.8 Å². The van der Waals surface area contributed by atoms with E-state index in [1.165, 1.54) is 0 Å².